The minimum Gasteiger partial charge on any atom is -0.493 e. The third-order valence-electron chi connectivity index (χ3n) is 2.89. The fourth-order valence-electron chi connectivity index (χ4n) is 1.82. The van der Waals surface area contributed by atoms with Crippen LogP contribution in [0.4, 0.5) is 5.13 Å². The molecule has 5 nitrogen and oxygen atoms in total. The lowest BCUT2D eigenvalue weighted by Crippen LogP contribution is -2.13. The molecule has 0 unspecified atom stereocenters. The summed E-state index contributed by atoms with van der Waals surface area (Å²) in [5.74, 6) is 0.935. The van der Waals surface area contributed by atoms with E-state index in [1.165, 1.54) is 18.4 Å². The van der Waals surface area contributed by atoms with Crippen LogP contribution in [0, 0.1) is 12.8 Å². The van der Waals surface area contributed by atoms with Crippen molar-refractivity contribution in [3.8, 4) is 11.5 Å². The molecule has 23 heavy (non-hydrogen) atoms. The number of nitrogens with one attached hydrogen (secondary N) is 1. The van der Waals surface area contributed by atoms with Crippen molar-refractivity contribution in [2.45, 2.75) is 20.8 Å². The fourth-order valence-corrected chi connectivity index (χ4v) is 2.77. The Morgan fingerprint density at radius 2 is 2.17 bits per heavy atom. The number of amides is 1. The molecular formula is C16H19ClN2O3S. The second-order valence-electron chi connectivity index (χ2n) is 5.44. The van der Waals surface area contributed by atoms with Crippen LogP contribution in [0.1, 0.15) is 29.9 Å². The molecule has 0 fully saturated rings. The Bertz CT molecular complexity index is 701. The first-order valence-corrected chi connectivity index (χ1v) is 8.40. The molecule has 0 aliphatic carbocycles. The van der Waals surface area contributed by atoms with Gasteiger partial charge in [0.1, 0.15) is 0 Å². The van der Waals surface area contributed by atoms with Crippen LogP contribution in [0.2, 0.25) is 5.02 Å². The summed E-state index contributed by atoms with van der Waals surface area (Å²) in [5, 5.41) is 5.49. The number of carbonyl (C=O) groups excluding carboxylic acids is 1. The highest BCUT2D eigenvalue weighted by Gasteiger charge is 2.17. The standard InChI is InChI=1S/C16H19ClN2O3S/c1-9(2)7-22-14-12(17)5-11(6-13(14)21-4)15(20)19-16-18-10(3)8-23-16/h5-6,8-9H,7H2,1-4H3,(H,18,19,20). The van der Waals surface area contributed by atoms with E-state index < -0.39 is 0 Å². The van der Waals surface area contributed by atoms with Gasteiger partial charge in [0.05, 0.1) is 24.4 Å². The molecule has 1 amide bonds. The first-order chi connectivity index (χ1) is 10.9. The van der Waals surface area contributed by atoms with Gasteiger partial charge in [-0.15, -0.1) is 11.3 Å². The monoisotopic (exact) mass is 354 g/mol. The van der Waals surface area contributed by atoms with Crippen LogP contribution in [-0.4, -0.2) is 24.6 Å². The summed E-state index contributed by atoms with van der Waals surface area (Å²) >= 11 is 7.62. The number of anilines is 1. The number of aryl methyl sites for hydroxylation is 1. The zero-order valence-corrected chi connectivity index (χ0v) is 15.0. The van der Waals surface area contributed by atoms with Crippen molar-refractivity contribution in [2.75, 3.05) is 19.0 Å². The topological polar surface area (TPSA) is 60.5 Å². The molecule has 0 saturated heterocycles. The molecule has 1 N–H and O–H groups in total. The Morgan fingerprint density at radius 1 is 1.43 bits per heavy atom. The summed E-state index contributed by atoms with van der Waals surface area (Å²) in [6.45, 7) is 6.46. The molecule has 0 saturated carbocycles. The van der Waals surface area contributed by atoms with E-state index in [4.69, 9.17) is 21.1 Å². The van der Waals surface area contributed by atoms with Gasteiger partial charge in [0.25, 0.3) is 5.91 Å². The number of halogens is 1. The Labute approximate surface area is 144 Å². The lowest BCUT2D eigenvalue weighted by molar-refractivity contribution is 0.102. The number of carbonyl (C=O) groups is 1. The molecule has 1 heterocycles. The van der Waals surface area contributed by atoms with E-state index in [1.54, 1.807) is 12.1 Å². The maximum Gasteiger partial charge on any atom is 0.257 e. The van der Waals surface area contributed by atoms with Crippen LogP contribution in [0.3, 0.4) is 0 Å². The minimum atomic E-state index is -0.296. The smallest absolute Gasteiger partial charge is 0.257 e. The molecule has 1 aromatic carbocycles. The molecule has 0 aliphatic heterocycles. The number of aromatic nitrogens is 1. The van der Waals surface area contributed by atoms with Crippen LogP contribution < -0.4 is 14.8 Å². The van der Waals surface area contributed by atoms with E-state index in [-0.39, 0.29) is 5.91 Å². The second kappa shape index (κ2) is 7.66. The van der Waals surface area contributed by atoms with Gasteiger partial charge >= 0.3 is 0 Å². The Balaban J connectivity index is 2.22. The van der Waals surface area contributed by atoms with Gasteiger partial charge in [-0.25, -0.2) is 4.98 Å². The molecule has 0 radical (unpaired) electrons. The van der Waals surface area contributed by atoms with Gasteiger partial charge in [0.15, 0.2) is 16.6 Å². The predicted octanol–water partition coefficient (Wildman–Crippen LogP) is 4.40. The van der Waals surface area contributed by atoms with Gasteiger partial charge in [-0.2, -0.15) is 0 Å². The van der Waals surface area contributed by atoms with Crippen LogP contribution in [0.25, 0.3) is 0 Å². The summed E-state index contributed by atoms with van der Waals surface area (Å²) in [6, 6.07) is 3.17. The lowest BCUT2D eigenvalue weighted by atomic mass is 10.2. The van der Waals surface area contributed by atoms with Crippen molar-refractivity contribution in [2.24, 2.45) is 5.92 Å². The first kappa shape index (κ1) is 17.6. The van der Waals surface area contributed by atoms with E-state index in [9.17, 15) is 4.79 Å². The van der Waals surface area contributed by atoms with Crippen LogP contribution in [0.5, 0.6) is 11.5 Å². The number of rotatable bonds is 6. The summed E-state index contributed by atoms with van der Waals surface area (Å²) in [7, 11) is 1.51. The van der Waals surface area contributed by atoms with Crippen molar-refractivity contribution in [3.63, 3.8) is 0 Å². The molecule has 1 aromatic heterocycles. The van der Waals surface area contributed by atoms with Crippen molar-refractivity contribution < 1.29 is 14.3 Å². The SMILES string of the molecule is COc1cc(C(=O)Nc2nc(C)cs2)cc(Cl)c1OCC(C)C. The normalized spacial score (nSPS) is 10.7. The summed E-state index contributed by atoms with van der Waals surface area (Å²) < 4.78 is 11.0. The Morgan fingerprint density at radius 3 is 2.74 bits per heavy atom. The van der Waals surface area contributed by atoms with Crippen LogP contribution >= 0.6 is 22.9 Å². The van der Waals surface area contributed by atoms with Crippen molar-refractivity contribution in [1.82, 2.24) is 4.98 Å². The zero-order valence-electron chi connectivity index (χ0n) is 13.5. The van der Waals surface area contributed by atoms with Crippen molar-refractivity contribution in [3.05, 3.63) is 33.8 Å². The Kier molecular flexibility index (Phi) is 5.85. The molecule has 0 aliphatic rings. The van der Waals surface area contributed by atoms with Gasteiger partial charge in [-0.1, -0.05) is 25.4 Å². The third kappa shape index (κ3) is 4.59. The van der Waals surface area contributed by atoms with E-state index in [1.807, 2.05) is 26.2 Å². The number of hydrogen-bond acceptors (Lipinski definition) is 5. The zero-order chi connectivity index (χ0) is 17.0. The van der Waals surface area contributed by atoms with Crippen LogP contribution in [-0.2, 0) is 0 Å². The lowest BCUT2D eigenvalue weighted by Gasteiger charge is -2.15. The number of nitrogens with zero attached hydrogens (tertiary/aromatic N) is 1. The maximum absolute atomic E-state index is 12.3. The molecule has 7 heteroatoms. The fraction of sp³-hybridized carbons (Fsp3) is 0.375. The van der Waals surface area contributed by atoms with Gasteiger partial charge in [-0.05, 0) is 25.0 Å². The summed E-state index contributed by atoms with van der Waals surface area (Å²) in [4.78, 5) is 16.5. The predicted molar refractivity (Wildman–Crippen MR) is 93.1 cm³/mol. The second-order valence-corrected chi connectivity index (χ2v) is 6.71. The minimum absolute atomic E-state index is 0.296. The molecule has 0 atom stereocenters. The van der Waals surface area contributed by atoms with Crippen molar-refractivity contribution >= 4 is 34.0 Å². The van der Waals surface area contributed by atoms with Crippen LogP contribution in [0.15, 0.2) is 17.5 Å². The Hall–Kier alpha value is -1.79. The van der Waals surface area contributed by atoms with E-state index >= 15 is 0 Å². The van der Waals surface area contributed by atoms with Gasteiger partial charge in [-0.3, -0.25) is 10.1 Å². The average Bonchev–Trinajstić information content (AvgIpc) is 2.90. The molecule has 2 rings (SSSR count). The molecule has 0 bridgehead atoms. The average molecular weight is 355 g/mol. The first-order valence-electron chi connectivity index (χ1n) is 7.14. The number of thiazole rings is 1. The van der Waals surface area contributed by atoms with E-state index in [0.717, 1.165) is 5.69 Å². The highest BCUT2D eigenvalue weighted by atomic mass is 35.5. The maximum atomic E-state index is 12.3. The summed E-state index contributed by atoms with van der Waals surface area (Å²) in [5.41, 5.74) is 1.25. The quantitative estimate of drug-likeness (QED) is 0.835. The van der Waals surface area contributed by atoms with Gasteiger partial charge in [0.2, 0.25) is 0 Å². The molecular weight excluding hydrogens is 336 g/mol. The van der Waals surface area contributed by atoms with Crippen molar-refractivity contribution in [1.29, 1.82) is 0 Å². The number of hydrogen-bond donors (Lipinski definition) is 1. The van der Waals surface area contributed by atoms with E-state index in [2.05, 4.69) is 10.3 Å². The van der Waals surface area contributed by atoms with E-state index in [0.29, 0.717) is 39.7 Å². The molecule has 2 aromatic rings. The highest BCUT2D eigenvalue weighted by Crippen LogP contribution is 2.37. The summed E-state index contributed by atoms with van der Waals surface area (Å²) in [6.07, 6.45) is 0. The molecule has 124 valence electrons. The molecule has 0 spiro atoms. The number of ether oxygens (including phenoxy) is 2. The third-order valence-corrected chi connectivity index (χ3v) is 4.05. The largest absolute Gasteiger partial charge is 0.493 e. The van der Waals surface area contributed by atoms with Gasteiger partial charge < -0.3 is 9.47 Å². The highest BCUT2D eigenvalue weighted by molar-refractivity contribution is 7.13. The number of benzene rings is 1. The van der Waals surface area contributed by atoms with Gasteiger partial charge in [0, 0.05) is 10.9 Å². The number of methoxy groups -OCH3 is 1.